The molecular formula is C17H28IN3S. The molecule has 1 fully saturated rings. The molecule has 0 aliphatic carbocycles. The van der Waals surface area contributed by atoms with Crippen molar-refractivity contribution in [2.45, 2.75) is 37.9 Å². The lowest BCUT2D eigenvalue weighted by Gasteiger charge is -2.24. The molecule has 2 rings (SSSR count). The monoisotopic (exact) mass is 433 g/mol. The summed E-state index contributed by atoms with van der Waals surface area (Å²) in [6.07, 6.45) is 3.65. The van der Waals surface area contributed by atoms with Crippen LogP contribution in [0.1, 0.15) is 30.9 Å². The molecule has 1 saturated heterocycles. The fourth-order valence-electron chi connectivity index (χ4n) is 2.55. The second-order valence-corrected chi connectivity index (χ2v) is 7.67. The van der Waals surface area contributed by atoms with E-state index >= 15 is 0 Å². The number of hydrogen-bond acceptors (Lipinski definition) is 2. The molecule has 0 radical (unpaired) electrons. The van der Waals surface area contributed by atoms with Gasteiger partial charge < -0.3 is 10.6 Å². The summed E-state index contributed by atoms with van der Waals surface area (Å²) < 4.78 is 0.370. The maximum absolute atomic E-state index is 4.31. The van der Waals surface area contributed by atoms with Crippen LogP contribution in [0.15, 0.2) is 29.3 Å². The average molecular weight is 433 g/mol. The number of nitrogens with zero attached hydrogens (tertiary/aromatic N) is 1. The van der Waals surface area contributed by atoms with Crippen molar-refractivity contribution >= 4 is 41.7 Å². The van der Waals surface area contributed by atoms with Crippen molar-refractivity contribution < 1.29 is 0 Å². The molecular weight excluding hydrogens is 405 g/mol. The first-order chi connectivity index (χ1) is 10.1. The highest BCUT2D eigenvalue weighted by atomic mass is 127. The number of aryl methyl sites for hydroxylation is 1. The normalized spacial score (nSPS) is 21.3. The zero-order valence-corrected chi connectivity index (χ0v) is 17.0. The predicted molar refractivity (Wildman–Crippen MR) is 110 cm³/mol. The van der Waals surface area contributed by atoms with Crippen LogP contribution >= 0.6 is 35.7 Å². The zero-order valence-electron chi connectivity index (χ0n) is 13.8. The Labute approximate surface area is 156 Å². The first kappa shape index (κ1) is 19.6. The minimum atomic E-state index is 0. The van der Waals surface area contributed by atoms with Crippen molar-refractivity contribution in [1.82, 2.24) is 10.6 Å². The van der Waals surface area contributed by atoms with E-state index in [1.165, 1.54) is 29.7 Å². The molecule has 124 valence electrons. The molecule has 0 spiro atoms. The van der Waals surface area contributed by atoms with Crippen LogP contribution in [0, 0.1) is 6.92 Å². The van der Waals surface area contributed by atoms with Crippen molar-refractivity contribution in [3.8, 4) is 0 Å². The highest BCUT2D eigenvalue weighted by molar-refractivity contribution is 14.0. The molecule has 1 unspecified atom stereocenters. The van der Waals surface area contributed by atoms with E-state index in [1.54, 1.807) is 0 Å². The summed E-state index contributed by atoms with van der Waals surface area (Å²) in [6.45, 7) is 6.36. The third kappa shape index (κ3) is 6.36. The molecule has 1 aliphatic rings. The third-order valence-electron chi connectivity index (χ3n) is 3.98. The molecule has 1 heterocycles. The second kappa shape index (κ2) is 9.65. The minimum Gasteiger partial charge on any atom is -0.356 e. The van der Waals surface area contributed by atoms with E-state index < -0.39 is 0 Å². The molecule has 0 bridgehead atoms. The number of thioether (sulfide) groups is 1. The molecule has 0 aromatic heterocycles. The molecule has 2 N–H and O–H groups in total. The molecule has 3 nitrogen and oxygen atoms in total. The van der Waals surface area contributed by atoms with E-state index in [1.807, 2.05) is 7.05 Å². The van der Waals surface area contributed by atoms with Gasteiger partial charge in [0.15, 0.2) is 5.96 Å². The van der Waals surface area contributed by atoms with Gasteiger partial charge in [-0.2, -0.15) is 11.8 Å². The molecule has 1 aromatic rings. The van der Waals surface area contributed by atoms with E-state index in [0.29, 0.717) is 4.75 Å². The van der Waals surface area contributed by atoms with E-state index in [0.717, 1.165) is 25.5 Å². The maximum atomic E-state index is 4.31. The molecule has 22 heavy (non-hydrogen) atoms. The van der Waals surface area contributed by atoms with Crippen LogP contribution in [0.4, 0.5) is 0 Å². The van der Waals surface area contributed by atoms with Gasteiger partial charge in [0, 0.05) is 24.9 Å². The van der Waals surface area contributed by atoms with E-state index in [9.17, 15) is 0 Å². The van der Waals surface area contributed by atoms with Crippen molar-refractivity contribution in [3.05, 3.63) is 35.4 Å². The van der Waals surface area contributed by atoms with Gasteiger partial charge in [-0.25, -0.2) is 0 Å². The molecule has 1 atom stereocenters. The van der Waals surface area contributed by atoms with Crippen molar-refractivity contribution in [1.29, 1.82) is 0 Å². The van der Waals surface area contributed by atoms with Gasteiger partial charge in [0.1, 0.15) is 0 Å². The van der Waals surface area contributed by atoms with Gasteiger partial charge >= 0.3 is 0 Å². The Morgan fingerprint density at radius 2 is 2.00 bits per heavy atom. The van der Waals surface area contributed by atoms with Crippen molar-refractivity contribution in [2.75, 3.05) is 25.9 Å². The maximum Gasteiger partial charge on any atom is 0.191 e. The molecule has 5 heteroatoms. The number of rotatable bonds is 5. The summed E-state index contributed by atoms with van der Waals surface area (Å²) in [7, 11) is 1.84. The number of guanidine groups is 1. The Kier molecular flexibility index (Phi) is 8.61. The van der Waals surface area contributed by atoms with Gasteiger partial charge in [0.2, 0.25) is 0 Å². The number of hydrogen-bond donors (Lipinski definition) is 2. The SMILES string of the molecule is CN=C(NCCc1ccc(C)cc1)NCC1(C)CCCS1.I. The number of nitrogens with one attached hydrogen (secondary N) is 2. The Bertz CT molecular complexity index is 467. The summed E-state index contributed by atoms with van der Waals surface area (Å²) in [5.41, 5.74) is 2.67. The summed E-state index contributed by atoms with van der Waals surface area (Å²) in [6, 6.07) is 8.73. The number of benzene rings is 1. The number of halogens is 1. The largest absolute Gasteiger partial charge is 0.356 e. The van der Waals surface area contributed by atoms with E-state index in [4.69, 9.17) is 0 Å². The summed E-state index contributed by atoms with van der Waals surface area (Å²) >= 11 is 2.07. The fourth-order valence-corrected chi connectivity index (χ4v) is 3.79. The standard InChI is InChI=1S/C17H27N3S.HI/c1-14-5-7-15(8-6-14)9-11-19-16(18-3)20-13-17(2)10-4-12-21-17;/h5-8H,4,9-13H2,1-3H3,(H2,18,19,20);1H. The minimum absolute atomic E-state index is 0. The lowest BCUT2D eigenvalue weighted by Crippen LogP contribution is -2.44. The quantitative estimate of drug-likeness (QED) is 0.423. The first-order valence-electron chi connectivity index (χ1n) is 7.75. The Morgan fingerprint density at radius 3 is 2.59 bits per heavy atom. The van der Waals surface area contributed by atoms with Gasteiger partial charge in [-0.05, 0) is 44.4 Å². The Morgan fingerprint density at radius 1 is 1.27 bits per heavy atom. The van der Waals surface area contributed by atoms with Gasteiger partial charge in [-0.15, -0.1) is 24.0 Å². The lowest BCUT2D eigenvalue weighted by molar-refractivity contribution is 0.584. The van der Waals surface area contributed by atoms with Crippen LogP contribution in [-0.2, 0) is 6.42 Å². The molecule has 1 aliphatic heterocycles. The van der Waals surface area contributed by atoms with Crippen LogP contribution in [-0.4, -0.2) is 36.6 Å². The summed E-state index contributed by atoms with van der Waals surface area (Å²) in [4.78, 5) is 4.31. The summed E-state index contributed by atoms with van der Waals surface area (Å²) in [5.74, 6) is 2.20. The smallest absolute Gasteiger partial charge is 0.191 e. The van der Waals surface area contributed by atoms with Gasteiger partial charge in [0.05, 0.1) is 0 Å². The Balaban J connectivity index is 0.00000242. The van der Waals surface area contributed by atoms with Crippen molar-refractivity contribution in [2.24, 2.45) is 4.99 Å². The zero-order chi connectivity index (χ0) is 15.1. The highest BCUT2D eigenvalue weighted by Gasteiger charge is 2.29. The van der Waals surface area contributed by atoms with Crippen LogP contribution in [0.5, 0.6) is 0 Å². The van der Waals surface area contributed by atoms with Crippen molar-refractivity contribution in [3.63, 3.8) is 0 Å². The van der Waals surface area contributed by atoms with Crippen LogP contribution in [0.25, 0.3) is 0 Å². The Hall–Kier alpha value is -0.430. The first-order valence-corrected chi connectivity index (χ1v) is 8.74. The van der Waals surface area contributed by atoms with Gasteiger partial charge in [-0.1, -0.05) is 29.8 Å². The fraction of sp³-hybridized carbons (Fsp3) is 0.588. The van der Waals surface area contributed by atoms with Crippen LogP contribution in [0.3, 0.4) is 0 Å². The summed E-state index contributed by atoms with van der Waals surface area (Å²) in [5, 5.41) is 6.87. The lowest BCUT2D eigenvalue weighted by atomic mass is 10.1. The topological polar surface area (TPSA) is 36.4 Å². The molecule has 0 saturated carbocycles. The molecule has 1 aromatic carbocycles. The van der Waals surface area contributed by atoms with E-state index in [2.05, 4.69) is 65.5 Å². The van der Waals surface area contributed by atoms with Crippen LogP contribution < -0.4 is 10.6 Å². The number of aliphatic imine (C=N–C) groups is 1. The third-order valence-corrected chi connectivity index (χ3v) is 5.52. The van der Waals surface area contributed by atoms with Crippen LogP contribution in [0.2, 0.25) is 0 Å². The van der Waals surface area contributed by atoms with E-state index in [-0.39, 0.29) is 24.0 Å². The second-order valence-electron chi connectivity index (χ2n) is 5.99. The van der Waals surface area contributed by atoms with Gasteiger partial charge in [0.25, 0.3) is 0 Å². The predicted octanol–water partition coefficient (Wildman–Crippen LogP) is 3.61. The highest BCUT2D eigenvalue weighted by Crippen LogP contribution is 2.36. The molecule has 0 amide bonds. The van der Waals surface area contributed by atoms with Gasteiger partial charge in [-0.3, -0.25) is 4.99 Å². The average Bonchev–Trinajstić information content (AvgIpc) is 2.92.